The average molecular weight is 301 g/mol. The van der Waals surface area contributed by atoms with Crippen LogP contribution in [0.2, 0.25) is 5.15 Å². The lowest BCUT2D eigenvalue weighted by Gasteiger charge is -2.01. The Morgan fingerprint density at radius 2 is 1.93 bits per heavy atom. The Morgan fingerprint density at radius 1 is 1.13 bits per heavy atom. The monoisotopic (exact) mass is 299 g/mol. The molecule has 0 saturated heterocycles. The van der Waals surface area contributed by atoms with Crippen LogP contribution in [-0.4, -0.2) is 4.98 Å². The number of aromatic nitrogens is 1. The van der Waals surface area contributed by atoms with E-state index in [9.17, 15) is 0 Å². The Balaban J connectivity index is 2.22. The Morgan fingerprint density at radius 3 is 2.67 bits per heavy atom. The molecule has 0 saturated carbocycles. The van der Waals surface area contributed by atoms with Crippen molar-refractivity contribution in [2.45, 2.75) is 9.79 Å². The summed E-state index contributed by atoms with van der Waals surface area (Å²) in [6, 6.07) is 11.9. The van der Waals surface area contributed by atoms with Gasteiger partial charge in [0.2, 0.25) is 0 Å². The van der Waals surface area contributed by atoms with Crippen LogP contribution >= 0.6 is 39.3 Å². The minimum absolute atomic E-state index is 0.523. The molecule has 0 fully saturated rings. The highest BCUT2D eigenvalue weighted by molar-refractivity contribution is 9.10. The highest BCUT2D eigenvalue weighted by Gasteiger charge is 1.99. The van der Waals surface area contributed by atoms with E-state index in [1.54, 1.807) is 18.0 Å². The van der Waals surface area contributed by atoms with Crippen molar-refractivity contribution in [2.75, 3.05) is 0 Å². The summed E-state index contributed by atoms with van der Waals surface area (Å²) in [6.45, 7) is 0. The molecule has 1 nitrogen and oxygen atoms in total. The minimum Gasteiger partial charge on any atom is -0.244 e. The quantitative estimate of drug-likeness (QED) is 0.749. The second-order valence-electron chi connectivity index (χ2n) is 2.87. The van der Waals surface area contributed by atoms with Crippen LogP contribution in [0.5, 0.6) is 0 Å². The molecule has 0 unspecified atom stereocenters. The summed E-state index contributed by atoms with van der Waals surface area (Å²) in [5.74, 6) is 0. The van der Waals surface area contributed by atoms with Crippen LogP contribution in [0.3, 0.4) is 0 Å². The van der Waals surface area contributed by atoms with Crippen LogP contribution in [0.4, 0.5) is 0 Å². The zero-order chi connectivity index (χ0) is 10.7. The van der Waals surface area contributed by atoms with Crippen molar-refractivity contribution in [1.29, 1.82) is 0 Å². The maximum absolute atomic E-state index is 5.81. The van der Waals surface area contributed by atoms with Crippen molar-refractivity contribution in [3.05, 3.63) is 52.2 Å². The number of benzene rings is 1. The van der Waals surface area contributed by atoms with Gasteiger partial charge in [-0.2, -0.15) is 0 Å². The summed E-state index contributed by atoms with van der Waals surface area (Å²) in [5.41, 5.74) is 0. The number of pyridine rings is 1. The van der Waals surface area contributed by atoms with Gasteiger partial charge in [0.1, 0.15) is 5.15 Å². The third-order valence-corrected chi connectivity index (χ3v) is 3.41. The first-order valence-electron chi connectivity index (χ1n) is 4.29. The number of halogens is 2. The smallest absolute Gasteiger partial charge is 0.130 e. The maximum atomic E-state index is 5.81. The molecule has 4 heteroatoms. The van der Waals surface area contributed by atoms with Gasteiger partial charge < -0.3 is 0 Å². The average Bonchev–Trinajstić information content (AvgIpc) is 2.17. The van der Waals surface area contributed by atoms with E-state index in [4.69, 9.17) is 11.6 Å². The van der Waals surface area contributed by atoms with Crippen LogP contribution in [0.15, 0.2) is 56.9 Å². The lowest BCUT2D eigenvalue weighted by molar-refractivity contribution is 1.26. The largest absolute Gasteiger partial charge is 0.244 e. The SMILES string of the molecule is Clc1cc(Sc2cccc(Br)c2)ccn1. The molecular formula is C11H7BrClNS. The molecule has 0 radical (unpaired) electrons. The van der Waals surface area contributed by atoms with Crippen molar-refractivity contribution in [2.24, 2.45) is 0 Å². The van der Waals surface area contributed by atoms with Crippen LogP contribution < -0.4 is 0 Å². The van der Waals surface area contributed by atoms with Crippen molar-refractivity contribution >= 4 is 39.3 Å². The van der Waals surface area contributed by atoms with Gasteiger partial charge in [0, 0.05) is 20.5 Å². The van der Waals surface area contributed by atoms with Crippen molar-refractivity contribution < 1.29 is 0 Å². The predicted octanol–water partition coefficient (Wildman–Crippen LogP) is 4.65. The van der Waals surface area contributed by atoms with E-state index in [-0.39, 0.29) is 0 Å². The van der Waals surface area contributed by atoms with Crippen molar-refractivity contribution in [3.63, 3.8) is 0 Å². The zero-order valence-electron chi connectivity index (χ0n) is 7.65. The van der Waals surface area contributed by atoms with Gasteiger partial charge >= 0.3 is 0 Å². The second-order valence-corrected chi connectivity index (χ2v) is 5.32. The summed E-state index contributed by atoms with van der Waals surface area (Å²) in [4.78, 5) is 6.21. The van der Waals surface area contributed by atoms with Gasteiger partial charge in [-0.3, -0.25) is 0 Å². The Kier molecular flexibility index (Phi) is 3.67. The van der Waals surface area contributed by atoms with E-state index in [0.29, 0.717) is 5.15 Å². The topological polar surface area (TPSA) is 12.9 Å². The van der Waals surface area contributed by atoms with Crippen LogP contribution in [0.25, 0.3) is 0 Å². The fourth-order valence-electron chi connectivity index (χ4n) is 1.11. The number of hydrogen-bond acceptors (Lipinski definition) is 2. The molecule has 0 amide bonds. The highest BCUT2D eigenvalue weighted by Crippen LogP contribution is 2.29. The second kappa shape index (κ2) is 5.01. The van der Waals surface area contributed by atoms with Gasteiger partial charge in [-0.05, 0) is 30.3 Å². The van der Waals surface area contributed by atoms with Gasteiger partial charge in [-0.1, -0.05) is 45.4 Å². The van der Waals surface area contributed by atoms with Gasteiger partial charge in [0.05, 0.1) is 0 Å². The van der Waals surface area contributed by atoms with Crippen LogP contribution in [-0.2, 0) is 0 Å². The summed E-state index contributed by atoms with van der Waals surface area (Å²) in [7, 11) is 0. The van der Waals surface area contributed by atoms with Gasteiger partial charge in [0.25, 0.3) is 0 Å². The molecule has 0 spiro atoms. The molecule has 0 aliphatic carbocycles. The molecular weight excluding hydrogens is 294 g/mol. The molecule has 0 N–H and O–H groups in total. The highest BCUT2D eigenvalue weighted by atomic mass is 79.9. The van der Waals surface area contributed by atoms with Crippen LogP contribution in [0.1, 0.15) is 0 Å². The molecule has 0 aliphatic heterocycles. The number of nitrogens with zero attached hydrogens (tertiary/aromatic N) is 1. The summed E-state index contributed by atoms with van der Waals surface area (Å²) >= 11 is 10.9. The molecule has 1 heterocycles. The Labute approximate surface area is 106 Å². The van der Waals surface area contributed by atoms with Gasteiger partial charge in [-0.15, -0.1) is 0 Å². The predicted molar refractivity (Wildman–Crippen MR) is 67.5 cm³/mol. The third kappa shape index (κ3) is 3.23. The number of hydrogen-bond donors (Lipinski definition) is 0. The minimum atomic E-state index is 0.523. The summed E-state index contributed by atoms with van der Waals surface area (Å²) in [6.07, 6.45) is 1.71. The third-order valence-electron chi connectivity index (χ3n) is 1.73. The number of rotatable bonds is 2. The van der Waals surface area contributed by atoms with Gasteiger partial charge in [0.15, 0.2) is 0 Å². The van der Waals surface area contributed by atoms with E-state index < -0.39 is 0 Å². The molecule has 0 aliphatic rings. The van der Waals surface area contributed by atoms with Gasteiger partial charge in [-0.25, -0.2) is 4.98 Å². The first-order chi connectivity index (χ1) is 7.24. The molecule has 1 aromatic heterocycles. The molecule has 2 rings (SSSR count). The Hall–Kier alpha value is -0.510. The lowest BCUT2D eigenvalue weighted by atomic mass is 10.4. The van der Waals surface area contributed by atoms with E-state index in [2.05, 4.69) is 33.0 Å². The lowest BCUT2D eigenvalue weighted by Crippen LogP contribution is -1.76. The zero-order valence-corrected chi connectivity index (χ0v) is 10.8. The molecule has 1 aromatic carbocycles. The summed E-state index contributed by atoms with van der Waals surface area (Å²) < 4.78 is 1.08. The van der Waals surface area contributed by atoms with E-state index in [1.807, 2.05) is 24.3 Å². The maximum Gasteiger partial charge on any atom is 0.130 e. The van der Waals surface area contributed by atoms with E-state index in [0.717, 1.165) is 9.37 Å². The molecule has 2 aromatic rings. The van der Waals surface area contributed by atoms with E-state index in [1.165, 1.54) is 4.90 Å². The standard InChI is InChI=1S/C11H7BrClNS/c12-8-2-1-3-9(6-8)15-10-4-5-14-11(13)7-10/h1-7H. The van der Waals surface area contributed by atoms with Crippen molar-refractivity contribution in [3.8, 4) is 0 Å². The van der Waals surface area contributed by atoms with Crippen molar-refractivity contribution in [1.82, 2.24) is 4.98 Å². The molecule has 76 valence electrons. The van der Waals surface area contributed by atoms with E-state index >= 15 is 0 Å². The fourth-order valence-corrected chi connectivity index (χ4v) is 2.81. The molecule has 15 heavy (non-hydrogen) atoms. The first-order valence-corrected chi connectivity index (χ1v) is 6.28. The first kappa shape index (κ1) is 11.0. The molecule has 0 bridgehead atoms. The molecule has 0 atom stereocenters. The fraction of sp³-hybridized carbons (Fsp3) is 0. The normalized spacial score (nSPS) is 10.3. The summed E-state index contributed by atoms with van der Waals surface area (Å²) in [5, 5.41) is 0.523. The van der Waals surface area contributed by atoms with Crippen LogP contribution in [0, 0.1) is 0 Å². The Bertz CT molecular complexity index is 432.